The third kappa shape index (κ3) is 3.51. The Bertz CT molecular complexity index is 566. The summed E-state index contributed by atoms with van der Waals surface area (Å²) in [6.07, 6.45) is 1.82. The molecule has 2 heterocycles. The van der Waals surface area contributed by atoms with Crippen molar-refractivity contribution in [2.75, 3.05) is 29.7 Å². The number of hydrazine groups is 1. The number of aryl methyl sites for hydroxylation is 1. The van der Waals surface area contributed by atoms with Crippen LogP contribution in [0.4, 0.5) is 17.8 Å². The molecule has 20 heavy (non-hydrogen) atoms. The fraction of sp³-hybridized carbons (Fsp3) is 0.333. The number of aromatic nitrogens is 4. The first-order valence-electron chi connectivity index (χ1n) is 6.14. The van der Waals surface area contributed by atoms with Crippen LogP contribution in [0.1, 0.15) is 11.3 Å². The number of nitrogen functional groups attached to an aromatic ring is 1. The summed E-state index contributed by atoms with van der Waals surface area (Å²) in [5.41, 5.74) is 4.46. The molecule has 0 bridgehead atoms. The van der Waals surface area contributed by atoms with Gasteiger partial charge in [-0.2, -0.15) is 15.0 Å². The molecule has 2 rings (SSSR count). The lowest BCUT2D eigenvalue weighted by atomic mass is 10.2. The number of hydrogen-bond acceptors (Lipinski definition) is 8. The van der Waals surface area contributed by atoms with Gasteiger partial charge in [-0.15, -0.1) is 0 Å². The van der Waals surface area contributed by atoms with Crippen molar-refractivity contribution in [2.45, 2.75) is 13.5 Å². The Labute approximate surface area is 117 Å². The third-order valence-electron chi connectivity index (χ3n) is 2.58. The van der Waals surface area contributed by atoms with Crippen LogP contribution in [0.5, 0.6) is 0 Å². The molecule has 0 spiro atoms. The van der Waals surface area contributed by atoms with Crippen molar-refractivity contribution in [2.24, 2.45) is 5.84 Å². The molecule has 0 amide bonds. The van der Waals surface area contributed by atoms with Crippen molar-refractivity contribution >= 4 is 17.8 Å². The highest BCUT2D eigenvalue weighted by molar-refractivity contribution is 5.42. The normalized spacial score (nSPS) is 10.2. The number of pyridine rings is 1. The standard InChI is InChI=1S/C12H18N8/c1-8-4-5-9(6-14-8)7-15-10-16-11(19-13)18-12(17-10)20(2)3/h4-6H,7,13H2,1-3H3,(H2,15,16,17,18,19). The molecule has 4 N–H and O–H groups in total. The number of rotatable bonds is 5. The molecule has 106 valence electrons. The summed E-state index contributed by atoms with van der Waals surface area (Å²) in [5, 5.41) is 3.13. The molecule has 0 aliphatic rings. The molecule has 2 aromatic heterocycles. The van der Waals surface area contributed by atoms with Crippen LogP contribution < -0.4 is 21.5 Å². The number of nitrogens with two attached hydrogens (primary N) is 1. The van der Waals surface area contributed by atoms with Gasteiger partial charge in [-0.25, -0.2) is 5.84 Å². The van der Waals surface area contributed by atoms with Gasteiger partial charge in [0.25, 0.3) is 0 Å². The fourth-order valence-electron chi connectivity index (χ4n) is 1.49. The molecular formula is C12H18N8. The first-order chi connectivity index (χ1) is 9.58. The Morgan fingerprint density at radius 2 is 1.90 bits per heavy atom. The number of nitrogens with one attached hydrogen (secondary N) is 2. The van der Waals surface area contributed by atoms with Crippen molar-refractivity contribution in [1.82, 2.24) is 19.9 Å². The van der Waals surface area contributed by atoms with Gasteiger partial charge in [0.1, 0.15) is 0 Å². The first-order valence-corrected chi connectivity index (χ1v) is 6.14. The SMILES string of the molecule is Cc1ccc(CNc2nc(NN)nc(N(C)C)n2)cn1. The fourth-order valence-corrected chi connectivity index (χ4v) is 1.49. The second-order valence-electron chi connectivity index (χ2n) is 4.48. The lowest BCUT2D eigenvalue weighted by Crippen LogP contribution is -2.19. The average molecular weight is 274 g/mol. The van der Waals surface area contributed by atoms with Gasteiger partial charge in [0.2, 0.25) is 17.8 Å². The summed E-state index contributed by atoms with van der Waals surface area (Å²) >= 11 is 0. The molecule has 0 radical (unpaired) electrons. The lowest BCUT2D eigenvalue weighted by molar-refractivity contribution is 0.937. The van der Waals surface area contributed by atoms with E-state index in [0.717, 1.165) is 11.3 Å². The highest BCUT2D eigenvalue weighted by atomic mass is 15.4. The summed E-state index contributed by atoms with van der Waals surface area (Å²) in [7, 11) is 3.70. The maximum absolute atomic E-state index is 5.35. The van der Waals surface area contributed by atoms with Gasteiger partial charge in [-0.1, -0.05) is 6.07 Å². The van der Waals surface area contributed by atoms with Gasteiger partial charge < -0.3 is 10.2 Å². The van der Waals surface area contributed by atoms with E-state index in [1.54, 1.807) is 4.90 Å². The van der Waals surface area contributed by atoms with Crippen molar-refractivity contribution in [3.05, 3.63) is 29.6 Å². The van der Waals surface area contributed by atoms with Crippen molar-refractivity contribution in [1.29, 1.82) is 0 Å². The van der Waals surface area contributed by atoms with Crippen LogP contribution >= 0.6 is 0 Å². The van der Waals surface area contributed by atoms with Crippen LogP contribution in [0.3, 0.4) is 0 Å². The molecule has 2 aromatic rings. The lowest BCUT2D eigenvalue weighted by Gasteiger charge is -2.13. The van der Waals surface area contributed by atoms with Gasteiger partial charge in [-0.3, -0.25) is 10.4 Å². The topological polar surface area (TPSA) is 105 Å². The van der Waals surface area contributed by atoms with E-state index in [0.29, 0.717) is 24.4 Å². The molecule has 0 aliphatic carbocycles. The quantitative estimate of drug-likeness (QED) is 0.536. The molecule has 0 unspecified atom stereocenters. The second-order valence-corrected chi connectivity index (χ2v) is 4.48. The van der Waals surface area contributed by atoms with Crippen LogP contribution in [0.2, 0.25) is 0 Å². The van der Waals surface area contributed by atoms with E-state index in [-0.39, 0.29) is 0 Å². The maximum atomic E-state index is 5.35. The Morgan fingerprint density at radius 3 is 2.50 bits per heavy atom. The third-order valence-corrected chi connectivity index (χ3v) is 2.58. The number of nitrogens with zero attached hydrogens (tertiary/aromatic N) is 5. The van der Waals surface area contributed by atoms with Crippen LogP contribution in [0.25, 0.3) is 0 Å². The van der Waals surface area contributed by atoms with Gasteiger partial charge in [0.15, 0.2) is 0 Å². The molecule has 8 nitrogen and oxygen atoms in total. The van der Waals surface area contributed by atoms with E-state index in [1.165, 1.54) is 0 Å². The summed E-state index contributed by atoms with van der Waals surface area (Å²) in [5.74, 6) is 6.65. The van der Waals surface area contributed by atoms with E-state index in [9.17, 15) is 0 Å². The van der Waals surface area contributed by atoms with Crippen LogP contribution in [0, 0.1) is 6.92 Å². The molecule has 0 aromatic carbocycles. The van der Waals surface area contributed by atoms with E-state index in [4.69, 9.17) is 5.84 Å². The Balaban J connectivity index is 2.12. The smallest absolute Gasteiger partial charge is 0.243 e. The average Bonchev–Trinajstić information content (AvgIpc) is 2.46. The predicted molar refractivity (Wildman–Crippen MR) is 78.3 cm³/mol. The van der Waals surface area contributed by atoms with E-state index < -0.39 is 0 Å². The summed E-state index contributed by atoms with van der Waals surface area (Å²) < 4.78 is 0. The van der Waals surface area contributed by atoms with Crippen molar-refractivity contribution in [3.8, 4) is 0 Å². The van der Waals surface area contributed by atoms with Gasteiger partial charge in [0, 0.05) is 32.5 Å². The minimum atomic E-state index is 0.313. The van der Waals surface area contributed by atoms with Gasteiger partial charge in [0.05, 0.1) is 0 Å². The van der Waals surface area contributed by atoms with Crippen LogP contribution in [0.15, 0.2) is 18.3 Å². The minimum absolute atomic E-state index is 0.313. The highest BCUT2D eigenvalue weighted by Crippen LogP contribution is 2.11. The van der Waals surface area contributed by atoms with Crippen LogP contribution in [-0.4, -0.2) is 34.0 Å². The molecule has 0 fully saturated rings. The molecule has 0 atom stereocenters. The highest BCUT2D eigenvalue weighted by Gasteiger charge is 2.07. The summed E-state index contributed by atoms with van der Waals surface area (Å²) in [6.45, 7) is 2.53. The van der Waals surface area contributed by atoms with Crippen LogP contribution in [-0.2, 0) is 6.54 Å². The second kappa shape index (κ2) is 6.11. The zero-order valence-corrected chi connectivity index (χ0v) is 11.8. The molecule has 0 aliphatic heterocycles. The number of hydrogen-bond donors (Lipinski definition) is 3. The van der Waals surface area contributed by atoms with Gasteiger partial charge >= 0.3 is 0 Å². The Kier molecular flexibility index (Phi) is 4.26. The molecule has 0 saturated heterocycles. The zero-order valence-electron chi connectivity index (χ0n) is 11.8. The predicted octanol–water partition coefficient (Wildman–Crippen LogP) is 0.539. The largest absolute Gasteiger partial charge is 0.350 e. The van der Waals surface area contributed by atoms with E-state index in [1.807, 2.05) is 39.3 Å². The maximum Gasteiger partial charge on any atom is 0.243 e. The van der Waals surface area contributed by atoms with Crippen molar-refractivity contribution in [3.63, 3.8) is 0 Å². The molecule has 8 heteroatoms. The van der Waals surface area contributed by atoms with Gasteiger partial charge in [-0.05, 0) is 18.6 Å². The summed E-state index contributed by atoms with van der Waals surface area (Å²) in [4.78, 5) is 18.6. The molecule has 0 saturated carbocycles. The summed E-state index contributed by atoms with van der Waals surface area (Å²) in [6, 6.07) is 3.97. The monoisotopic (exact) mass is 274 g/mol. The zero-order chi connectivity index (χ0) is 14.5. The van der Waals surface area contributed by atoms with E-state index in [2.05, 4.69) is 30.7 Å². The minimum Gasteiger partial charge on any atom is -0.350 e. The van der Waals surface area contributed by atoms with E-state index >= 15 is 0 Å². The first kappa shape index (κ1) is 13.9. The molecular weight excluding hydrogens is 256 g/mol. The Hall–Kier alpha value is -2.48. The Morgan fingerprint density at radius 1 is 1.15 bits per heavy atom. The van der Waals surface area contributed by atoms with Crippen molar-refractivity contribution < 1.29 is 0 Å². The number of anilines is 3.